The van der Waals surface area contributed by atoms with Crippen LogP contribution in [-0.2, 0) is 4.74 Å². The van der Waals surface area contributed by atoms with Gasteiger partial charge in [-0.05, 0) is 6.42 Å². The second kappa shape index (κ2) is 4.30. The van der Waals surface area contributed by atoms with Crippen LogP contribution in [0, 0.1) is 5.92 Å². The van der Waals surface area contributed by atoms with Crippen molar-refractivity contribution in [2.24, 2.45) is 11.7 Å². The monoisotopic (exact) mass is 205 g/mol. The molecule has 0 amide bonds. The fraction of sp³-hybridized carbons (Fsp3) is 1.00. The van der Waals surface area contributed by atoms with Crippen molar-refractivity contribution in [1.29, 1.82) is 0 Å². The zero-order chi connectivity index (χ0) is 8.48. The maximum Gasteiger partial charge on any atom is 0.403 e. The smallest absolute Gasteiger partial charge is 0.381 e. The SMILES string of the molecule is Cl.N[C@@H](C1CCOC1)C(F)(F)F. The van der Waals surface area contributed by atoms with Crippen molar-refractivity contribution in [2.45, 2.75) is 18.6 Å². The predicted molar refractivity (Wildman–Crippen MR) is 40.2 cm³/mol. The summed E-state index contributed by atoms with van der Waals surface area (Å²) in [4.78, 5) is 0. The molecule has 1 rings (SSSR count). The van der Waals surface area contributed by atoms with E-state index in [0.717, 1.165) is 0 Å². The van der Waals surface area contributed by atoms with Crippen molar-refractivity contribution >= 4 is 12.4 Å². The van der Waals surface area contributed by atoms with Gasteiger partial charge in [-0.3, -0.25) is 0 Å². The number of nitrogens with two attached hydrogens (primary N) is 1. The highest BCUT2D eigenvalue weighted by atomic mass is 35.5. The zero-order valence-corrected chi connectivity index (χ0v) is 7.12. The molecule has 1 unspecified atom stereocenters. The minimum Gasteiger partial charge on any atom is -0.381 e. The Morgan fingerprint density at radius 1 is 1.42 bits per heavy atom. The lowest BCUT2D eigenvalue weighted by molar-refractivity contribution is -0.158. The lowest BCUT2D eigenvalue weighted by Gasteiger charge is -2.20. The summed E-state index contributed by atoms with van der Waals surface area (Å²) in [5, 5.41) is 0. The highest BCUT2D eigenvalue weighted by Gasteiger charge is 2.42. The minimum absolute atomic E-state index is 0. The Morgan fingerprint density at radius 2 is 2.00 bits per heavy atom. The Kier molecular flexibility index (Phi) is 4.30. The lowest BCUT2D eigenvalue weighted by Crippen LogP contribution is -2.43. The number of hydrogen-bond donors (Lipinski definition) is 1. The Bertz CT molecular complexity index is 135. The van der Waals surface area contributed by atoms with Gasteiger partial charge in [0, 0.05) is 12.5 Å². The first-order chi connectivity index (χ1) is 5.02. The van der Waals surface area contributed by atoms with Crippen LogP contribution in [0.2, 0.25) is 0 Å². The molecule has 0 spiro atoms. The fourth-order valence-electron chi connectivity index (χ4n) is 1.10. The molecule has 1 aliphatic rings. The van der Waals surface area contributed by atoms with E-state index in [-0.39, 0.29) is 19.0 Å². The summed E-state index contributed by atoms with van der Waals surface area (Å²) in [7, 11) is 0. The molecule has 2 N–H and O–H groups in total. The molecule has 12 heavy (non-hydrogen) atoms. The molecule has 0 aromatic rings. The van der Waals surface area contributed by atoms with Gasteiger partial charge in [0.25, 0.3) is 0 Å². The van der Waals surface area contributed by atoms with Crippen LogP contribution in [0.25, 0.3) is 0 Å². The van der Waals surface area contributed by atoms with Gasteiger partial charge in [0.15, 0.2) is 0 Å². The molecule has 6 heteroatoms. The molecule has 0 saturated carbocycles. The molecule has 2 nitrogen and oxygen atoms in total. The molecule has 1 heterocycles. The van der Waals surface area contributed by atoms with E-state index < -0.39 is 18.1 Å². The predicted octanol–water partition coefficient (Wildman–Crippen LogP) is 1.33. The van der Waals surface area contributed by atoms with E-state index in [1.54, 1.807) is 0 Å². The standard InChI is InChI=1S/C6H10F3NO.ClH/c7-6(8,9)5(10)4-1-2-11-3-4;/h4-5H,1-3,10H2;1H/t4?,5-;/m0./s1. The van der Waals surface area contributed by atoms with Crippen LogP contribution in [0.1, 0.15) is 6.42 Å². The van der Waals surface area contributed by atoms with Crippen molar-refractivity contribution in [3.05, 3.63) is 0 Å². The van der Waals surface area contributed by atoms with Crippen LogP contribution in [0.3, 0.4) is 0 Å². The largest absolute Gasteiger partial charge is 0.403 e. The summed E-state index contributed by atoms with van der Waals surface area (Å²) in [5.41, 5.74) is 4.95. The average Bonchev–Trinajstić information content (AvgIpc) is 2.34. The number of rotatable bonds is 1. The van der Waals surface area contributed by atoms with Crippen molar-refractivity contribution in [3.63, 3.8) is 0 Å². The van der Waals surface area contributed by atoms with E-state index in [2.05, 4.69) is 0 Å². The second-order valence-electron chi connectivity index (χ2n) is 2.69. The van der Waals surface area contributed by atoms with Gasteiger partial charge in [0.1, 0.15) is 6.04 Å². The van der Waals surface area contributed by atoms with Crippen LogP contribution in [0.15, 0.2) is 0 Å². The number of ether oxygens (including phenoxy) is 1. The molecule has 0 radical (unpaired) electrons. The third-order valence-electron chi connectivity index (χ3n) is 1.85. The third-order valence-corrected chi connectivity index (χ3v) is 1.85. The normalized spacial score (nSPS) is 26.5. The van der Waals surface area contributed by atoms with Crippen LogP contribution in [0.5, 0.6) is 0 Å². The number of halogens is 4. The average molecular weight is 206 g/mol. The summed E-state index contributed by atoms with van der Waals surface area (Å²) >= 11 is 0. The quantitative estimate of drug-likeness (QED) is 0.701. The van der Waals surface area contributed by atoms with Crippen molar-refractivity contribution in [3.8, 4) is 0 Å². The van der Waals surface area contributed by atoms with Gasteiger partial charge in [0.05, 0.1) is 6.61 Å². The van der Waals surface area contributed by atoms with Crippen LogP contribution < -0.4 is 5.73 Å². The maximum absolute atomic E-state index is 11.9. The summed E-state index contributed by atoms with van der Waals surface area (Å²) in [6.45, 7) is 0.537. The van der Waals surface area contributed by atoms with Gasteiger partial charge < -0.3 is 10.5 Å². The first kappa shape index (κ1) is 12.0. The lowest BCUT2D eigenvalue weighted by atomic mass is 10.00. The molecular formula is C6H11ClF3NO. The number of hydrogen-bond acceptors (Lipinski definition) is 2. The van der Waals surface area contributed by atoms with Crippen molar-refractivity contribution in [1.82, 2.24) is 0 Å². The molecule has 0 bridgehead atoms. The molecule has 0 aliphatic carbocycles. The van der Waals surface area contributed by atoms with Gasteiger partial charge in [-0.1, -0.05) is 0 Å². The molecule has 0 aromatic heterocycles. The molecule has 1 fully saturated rings. The zero-order valence-electron chi connectivity index (χ0n) is 6.30. The molecule has 0 aromatic carbocycles. The molecule has 1 aliphatic heterocycles. The van der Waals surface area contributed by atoms with Gasteiger partial charge in [-0.2, -0.15) is 13.2 Å². The highest BCUT2D eigenvalue weighted by molar-refractivity contribution is 5.85. The van der Waals surface area contributed by atoms with Gasteiger partial charge in [0.2, 0.25) is 0 Å². The van der Waals surface area contributed by atoms with Gasteiger partial charge in [-0.25, -0.2) is 0 Å². The Labute approximate surface area is 74.7 Å². The first-order valence-corrected chi connectivity index (χ1v) is 3.42. The van der Waals surface area contributed by atoms with Gasteiger partial charge in [-0.15, -0.1) is 12.4 Å². The maximum atomic E-state index is 11.9. The summed E-state index contributed by atoms with van der Waals surface area (Å²) in [6.07, 6.45) is -3.86. The summed E-state index contributed by atoms with van der Waals surface area (Å²) in [6, 6.07) is -1.72. The van der Waals surface area contributed by atoms with E-state index in [9.17, 15) is 13.2 Å². The van der Waals surface area contributed by atoms with E-state index in [1.165, 1.54) is 0 Å². The third kappa shape index (κ3) is 2.80. The molecule has 2 atom stereocenters. The molecular weight excluding hydrogens is 195 g/mol. The Morgan fingerprint density at radius 3 is 2.33 bits per heavy atom. The van der Waals surface area contributed by atoms with Crippen molar-refractivity contribution in [2.75, 3.05) is 13.2 Å². The van der Waals surface area contributed by atoms with Crippen molar-refractivity contribution < 1.29 is 17.9 Å². The fourth-order valence-corrected chi connectivity index (χ4v) is 1.10. The molecule has 74 valence electrons. The summed E-state index contributed by atoms with van der Waals surface area (Å²) < 4.78 is 40.6. The van der Waals surface area contributed by atoms with E-state index in [1.807, 2.05) is 0 Å². The van der Waals surface area contributed by atoms with E-state index >= 15 is 0 Å². The topological polar surface area (TPSA) is 35.2 Å². The van der Waals surface area contributed by atoms with Gasteiger partial charge >= 0.3 is 6.18 Å². The van der Waals surface area contributed by atoms with E-state index in [4.69, 9.17) is 10.5 Å². The van der Waals surface area contributed by atoms with Crippen LogP contribution in [0.4, 0.5) is 13.2 Å². The number of alkyl halides is 3. The van der Waals surface area contributed by atoms with Crippen LogP contribution >= 0.6 is 12.4 Å². The second-order valence-corrected chi connectivity index (χ2v) is 2.69. The summed E-state index contributed by atoms with van der Waals surface area (Å²) in [5.74, 6) is -0.546. The molecule has 1 saturated heterocycles. The Balaban J connectivity index is 0.00000121. The first-order valence-electron chi connectivity index (χ1n) is 3.42. The highest BCUT2D eigenvalue weighted by Crippen LogP contribution is 2.28. The minimum atomic E-state index is -4.28. The van der Waals surface area contributed by atoms with E-state index in [0.29, 0.717) is 13.0 Å². The Hall–Kier alpha value is -0.0000000000000000555. The van der Waals surface area contributed by atoms with Crippen LogP contribution in [-0.4, -0.2) is 25.4 Å².